The van der Waals surface area contributed by atoms with Crippen molar-refractivity contribution in [1.29, 1.82) is 0 Å². The molecule has 1 aromatic carbocycles. The Morgan fingerprint density at radius 3 is 1.73 bits per heavy atom. The second-order valence-electron chi connectivity index (χ2n) is 4.58. The van der Waals surface area contributed by atoms with Gasteiger partial charge in [0.25, 0.3) is 0 Å². The molecule has 1 aromatic rings. The second-order valence-corrected chi connectivity index (χ2v) is 4.58. The molecule has 0 aliphatic heterocycles. The molecule has 0 saturated heterocycles. The largest absolute Gasteiger partial charge is 0.0625 e. The van der Waals surface area contributed by atoms with E-state index in [1.165, 1.54) is 0 Å². The Morgan fingerprint density at radius 1 is 1.00 bits per heavy atom. The lowest BCUT2D eigenvalue weighted by molar-refractivity contribution is 0.631. The van der Waals surface area contributed by atoms with Gasteiger partial charge < -0.3 is 0 Å². The van der Waals surface area contributed by atoms with Gasteiger partial charge in [0.1, 0.15) is 0 Å². The van der Waals surface area contributed by atoms with Crippen molar-refractivity contribution in [3.05, 3.63) is 34.9 Å². The highest BCUT2D eigenvalue weighted by atomic mass is 14.1. The van der Waals surface area contributed by atoms with Crippen molar-refractivity contribution in [3.8, 4) is 0 Å². The molecule has 0 heteroatoms. The molecular weight excluding hydrogens is 180 g/mol. The van der Waals surface area contributed by atoms with Crippen molar-refractivity contribution in [1.82, 2.24) is 0 Å². The maximum Gasteiger partial charge on any atom is 0.0319 e. The van der Waals surface area contributed by atoms with Crippen molar-refractivity contribution >= 4 is 0 Å². The van der Waals surface area contributed by atoms with E-state index in [2.05, 4.69) is 0 Å². The fourth-order valence-corrected chi connectivity index (χ4v) is 1.57. The van der Waals surface area contributed by atoms with Crippen LogP contribution >= 0.6 is 0 Å². The zero-order valence-electron chi connectivity index (χ0n) is 14.4. The molecule has 0 saturated carbocycles. The van der Waals surface area contributed by atoms with Gasteiger partial charge in [-0.05, 0) is 48.2 Å². The summed E-state index contributed by atoms with van der Waals surface area (Å²) in [5.74, 6) is -0.294. The van der Waals surface area contributed by atoms with Crippen LogP contribution in [0.4, 0.5) is 0 Å². The van der Waals surface area contributed by atoms with E-state index >= 15 is 0 Å². The summed E-state index contributed by atoms with van der Waals surface area (Å²) in [6.07, 6.45) is -2.87. The molecule has 15 heavy (non-hydrogen) atoms. The van der Waals surface area contributed by atoms with E-state index in [0.29, 0.717) is 11.1 Å². The second kappa shape index (κ2) is 5.34. The van der Waals surface area contributed by atoms with Crippen molar-refractivity contribution in [2.45, 2.75) is 47.4 Å². The minimum atomic E-state index is -1.44. The Balaban J connectivity index is 3.43. The number of benzene rings is 1. The normalized spacial score (nSPS) is 17.3. The molecule has 0 aromatic heterocycles. The van der Waals surface area contributed by atoms with Crippen LogP contribution in [-0.4, -0.2) is 0 Å². The third-order valence-electron chi connectivity index (χ3n) is 2.22. The van der Waals surface area contributed by atoms with Crippen LogP contribution in [0, 0.1) is 18.8 Å². The number of rotatable bonds is 4. The van der Waals surface area contributed by atoms with E-state index in [4.69, 9.17) is 5.48 Å². The molecule has 0 aliphatic rings. The van der Waals surface area contributed by atoms with Crippen LogP contribution in [0.5, 0.6) is 0 Å². The zero-order valence-corrected chi connectivity index (χ0v) is 10.4. The van der Waals surface area contributed by atoms with Crippen LogP contribution in [-0.2, 0) is 12.7 Å². The standard InChI is InChI=1S/C15H24/c1-11(2)9-14-7-6-8-15(13(14)5)10-12(3)4/h6-8,11-12H,9-10H2,1-5H3/i9D2,10D2. The molecule has 0 atom stereocenters. The SMILES string of the molecule is [2H]C([2H])(c1cccc(C([2H])([2H])C(C)C)c1C)C(C)C. The zero-order chi connectivity index (χ0) is 15.0. The molecule has 0 bridgehead atoms. The van der Waals surface area contributed by atoms with Crippen molar-refractivity contribution in [3.63, 3.8) is 0 Å². The highest BCUT2D eigenvalue weighted by Gasteiger charge is 2.06. The molecular formula is C15H24. The Hall–Kier alpha value is -0.780. The van der Waals surface area contributed by atoms with Crippen LogP contribution in [0.15, 0.2) is 18.2 Å². The minimum Gasteiger partial charge on any atom is -0.0625 e. The predicted octanol–water partition coefficient (Wildman–Crippen LogP) is 4.39. The fourth-order valence-electron chi connectivity index (χ4n) is 1.57. The monoisotopic (exact) mass is 208 g/mol. The predicted molar refractivity (Wildman–Crippen MR) is 68.3 cm³/mol. The fraction of sp³-hybridized carbons (Fsp3) is 0.600. The van der Waals surface area contributed by atoms with Gasteiger partial charge in [0.2, 0.25) is 0 Å². The lowest BCUT2D eigenvalue weighted by Crippen LogP contribution is -2.02. The summed E-state index contributed by atoms with van der Waals surface area (Å²) in [6, 6.07) is 5.31. The average Bonchev–Trinajstić information content (AvgIpc) is 2.28. The highest BCUT2D eigenvalue weighted by Crippen LogP contribution is 2.19. The Morgan fingerprint density at radius 2 is 1.40 bits per heavy atom. The van der Waals surface area contributed by atoms with Crippen LogP contribution in [0.2, 0.25) is 0 Å². The van der Waals surface area contributed by atoms with Gasteiger partial charge in [-0.15, -0.1) is 0 Å². The summed E-state index contributed by atoms with van der Waals surface area (Å²) in [5, 5.41) is 0. The van der Waals surface area contributed by atoms with Crippen LogP contribution < -0.4 is 0 Å². The minimum absolute atomic E-state index is 0.147. The summed E-state index contributed by atoms with van der Waals surface area (Å²) in [7, 11) is 0. The van der Waals surface area contributed by atoms with E-state index in [0.717, 1.165) is 5.56 Å². The Kier molecular flexibility index (Phi) is 2.67. The van der Waals surface area contributed by atoms with E-state index in [1.807, 2.05) is 34.6 Å². The van der Waals surface area contributed by atoms with E-state index < -0.39 is 12.7 Å². The average molecular weight is 208 g/mol. The topological polar surface area (TPSA) is 0 Å². The smallest absolute Gasteiger partial charge is 0.0319 e. The molecule has 1 rings (SSSR count). The van der Waals surface area contributed by atoms with Gasteiger partial charge in [-0.1, -0.05) is 45.9 Å². The van der Waals surface area contributed by atoms with Gasteiger partial charge in [0.05, 0.1) is 0 Å². The van der Waals surface area contributed by atoms with Gasteiger partial charge >= 0.3 is 0 Å². The molecule has 0 heterocycles. The quantitative estimate of drug-likeness (QED) is 0.688. The number of hydrogen-bond donors (Lipinski definition) is 0. The van der Waals surface area contributed by atoms with E-state index in [-0.39, 0.29) is 11.8 Å². The molecule has 0 unspecified atom stereocenters. The summed E-state index contributed by atoms with van der Waals surface area (Å²) in [5.41, 5.74) is 1.94. The first-order chi connectivity index (χ1) is 8.52. The van der Waals surface area contributed by atoms with Crippen molar-refractivity contribution < 1.29 is 5.48 Å². The third kappa shape index (κ3) is 3.70. The lowest BCUT2D eigenvalue weighted by atomic mass is 9.92. The van der Waals surface area contributed by atoms with E-state index in [9.17, 15) is 0 Å². The first-order valence-electron chi connectivity index (χ1n) is 7.63. The number of hydrogen-bond acceptors (Lipinski definition) is 0. The van der Waals surface area contributed by atoms with Crippen molar-refractivity contribution in [2.75, 3.05) is 0 Å². The molecule has 0 N–H and O–H groups in total. The first kappa shape index (κ1) is 7.49. The molecule has 0 radical (unpaired) electrons. The molecule has 0 spiro atoms. The summed E-state index contributed by atoms with van der Waals surface area (Å²) in [4.78, 5) is 0. The van der Waals surface area contributed by atoms with Gasteiger partial charge in [0, 0.05) is 5.48 Å². The van der Waals surface area contributed by atoms with Gasteiger partial charge in [-0.3, -0.25) is 0 Å². The van der Waals surface area contributed by atoms with Crippen LogP contribution in [0.25, 0.3) is 0 Å². The summed E-state index contributed by atoms with van der Waals surface area (Å²) >= 11 is 0. The molecule has 0 nitrogen and oxygen atoms in total. The molecule has 0 fully saturated rings. The Bertz CT molecular complexity index is 409. The van der Waals surface area contributed by atoms with E-state index in [1.54, 1.807) is 18.2 Å². The molecule has 84 valence electrons. The van der Waals surface area contributed by atoms with Gasteiger partial charge in [-0.25, -0.2) is 0 Å². The van der Waals surface area contributed by atoms with Gasteiger partial charge in [-0.2, -0.15) is 0 Å². The third-order valence-corrected chi connectivity index (χ3v) is 2.22. The van der Waals surface area contributed by atoms with Crippen LogP contribution in [0.1, 0.15) is 49.9 Å². The molecule has 0 aliphatic carbocycles. The highest BCUT2D eigenvalue weighted by molar-refractivity contribution is 5.34. The molecule has 0 amide bonds. The van der Waals surface area contributed by atoms with Crippen LogP contribution in [0.3, 0.4) is 0 Å². The van der Waals surface area contributed by atoms with Crippen molar-refractivity contribution in [2.24, 2.45) is 11.8 Å². The van der Waals surface area contributed by atoms with Gasteiger partial charge in [0.15, 0.2) is 0 Å². The first-order valence-corrected chi connectivity index (χ1v) is 5.63. The maximum atomic E-state index is 8.22. The lowest BCUT2D eigenvalue weighted by Gasteiger charge is -2.14. The maximum absolute atomic E-state index is 8.22. The summed E-state index contributed by atoms with van der Waals surface area (Å²) < 4.78 is 32.9. The Labute approximate surface area is 100 Å². The summed E-state index contributed by atoms with van der Waals surface area (Å²) in [6.45, 7) is 9.23.